The van der Waals surface area contributed by atoms with Gasteiger partial charge in [-0.05, 0) is 57.4 Å². The number of halogens is 2. The van der Waals surface area contributed by atoms with Crippen LogP contribution in [0.1, 0.15) is 31.7 Å². The number of hydrogen-bond donors (Lipinski definition) is 1. The van der Waals surface area contributed by atoms with Crippen LogP contribution in [0.5, 0.6) is 0 Å². The number of likely N-dealkylation sites (tertiary alicyclic amines) is 1. The van der Waals surface area contributed by atoms with Crippen LogP contribution in [0.25, 0.3) is 0 Å². The van der Waals surface area contributed by atoms with Crippen molar-refractivity contribution >= 4 is 0 Å². The molecular formula is C16H24F2N2. The smallest absolute Gasteiger partial charge is 0.163 e. The number of hydrogen-bond acceptors (Lipinski definition) is 2. The zero-order valence-corrected chi connectivity index (χ0v) is 12.2. The molecule has 2 rings (SSSR count). The topological polar surface area (TPSA) is 15.3 Å². The van der Waals surface area contributed by atoms with Crippen molar-refractivity contribution in [2.24, 2.45) is 5.92 Å². The molecule has 0 saturated carbocycles. The van der Waals surface area contributed by atoms with E-state index in [-0.39, 0.29) is 0 Å². The molecule has 0 radical (unpaired) electrons. The van der Waals surface area contributed by atoms with Gasteiger partial charge in [0.15, 0.2) is 11.6 Å². The standard InChI is InChI=1S/C16H24F2N2/c1-13-6-10-20(11-7-13)9-3-8-19-12-14-4-2-5-15(17)16(14)18/h2,4-5,13,19H,3,6-12H2,1H3. The fourth-order valence-electron chi connectivity index (χ4n) is 2.62. The molecule has 1 aliphatic rings. The second-order valence-electron chi connectivity index (χ2n) is 5.77. The quantitative estimate of drug-likeness (QED) is 0.806. The Hall–Kier alpha value is -1.00. The summed E-state index contributed by atoms with van der Waals surface area (Å²) in [6.07, 6.45) is 3.63. The highest BCUT2D eigenvalue weighted by Crippen LogP contribution is 2.15. The summed E-state index contributed by atoms with van der Waals surface area (Å²) >= 11 is 0. The van der Waals surface area contributed by atoms with Gasteiger partial charge in [0.2, 0.25) is 0 Å². The highest BCUT2D eigenvalue weighted by molar-refractivity contribution is 5.18. The zero-order chi connectivity index (χ0) is 14.4. The van der Waals surface area contributed by atoms with Crippen molar-refractivity contribution in [1.29, 1.82) is 0 Å². The predicted molar refractivity (Wildman–Crippen MR) is 77.5 cm³/mol. The van der Waals surface area contributed by atoms with Gasteiger partial charge in [-0.15, -0.1) is 0 Å². The van der Waals surface area contributed by atoms with Crippen LogP contribution in [0.4, 0.5) is 8.78 Å². The van der Waals surface area contributed by atoms with E-state index < -0.39 is 11.6 Å². The molecule has 2 nitrogen and oxygen atoms in total. The average Bonchev–Trinajstić information content (AvgIpc) is 2.45. The third-order valence-electron chi connectivity index (χ3n) is 4.05. The molecule has 1 saturated heterocycles. The lowest BCUT2D eigenvalue weighted by atomic mass is 9.99. The molecule has 0 bridgehead atoms. The minimum absolute atomic E-state index is 0.390. The molecule has 4 heteroatoms. The van der Waals surface area contributed by atoms with Crippen LogP contribution < -0.4 is 5.32 Å². The first kappa shape index (κ1) is 15.4. The Morgan fingerprint density at radius 3 is 2.75 bits per heavy atom. The molecule has 0 aromatic heterocycles. The van der Waals surface area contributed by atoms with E-state index in [0.717, 1.165) is 31.5 Å². The molecule has 1 aliphatic heterocycles. The summed E-state index contributed by atoms with van der Waals surface area (Å²) in [6.45, 7) is 7.01. The molecule has 0 unspecified atom stereocenters. The van der Waals surface area contributed by atoms with Crippen molar-refractivity contribution in [3.05, 3.63) is 35.4 Å². The largest absolute Gasteiger partial charge is 0.313 e. The fourth-order valence-corrected chi connectivity index (χ4v) is 2.62. The zero-order valence-electron chi connectivity index (χ0n) is 12.2. The van der Waals surface area contributed by atoms with Gasteiger partial charge in [-0.2, -0.15) is 0 Å². The van der Waals surface area contributed by atoms with Gasteiger partial charge in [0.25, 0.3) is 0 Å². The molecule has 0 amide bonds. The van der Waals surface area contributed by atoms with E-state index in [2.05, 4.69) is 17.1 Å². The molecule has 1 N–H and O–H groups in total. The SMILES string of the molecule is CC1CCN(CCCNCc2cccc(F)c2F)CC1. The predicted octanol–water partition coefficient (Wildman–Crippen LogP) is 3.18. The Morgan fingerprint density at radius 1 is 1.25 bits per heavy atom. The van der Waals surface area contributed by atoms with Crippen LogP contribution in [0, 0.1) is 17.6 Å². The van der Waals surface area contributed by atoms with E-state index >= 15 is 0 Å². The Bertz CT molecular complexity index is 415. The number of piperidine rings is 1. The lowest BCUT2D eigenvalue weighted by molar-refractivity contribution is 0.190. The summed E-state index contributed by atoms with van der Waals surface area (Å²) < 4.78 is 26.4. The summed E-state index contributed by atoms with van der Waals surface area (Å²) in [4.78, 5) is 2.49. The van der Waals surface area contributed by atoms with Gasteiger partial charge in [-0.25, -0.2) is 8.78 Å². The maximum atomic E-state index is 13.4. The maximum Gasteiger partial charge on any atom is 0.163 e. The van der Waals surface area contributed by atoms with Crippen molar-refractivity contribution in [3.8, 4) is 0 Å². The summed E-state index contributed by atoms with van der Waals surface area (Å²) in [5.74, 6) is -0.642. The van der Waals surface area contributed by atoms with E-state index in [1.807, 2.05) is 0 Å². The maximum absolute atomic E-state index is 13.4. The number of nitrogens with one attached hydrogen (secondary N) is 1. The van der Waals surface area contributed by atoms with Crippen LogP contribution >= 0.6 is 0 Å². The van der Waals surface area contributed by atoms with Crippen LogP contribution in [-0.4, -0.2) is 31.1 Å². The number of benzene rings is 1. The van der Waals surface area contributed by atoms with Crippen molar-refractivity contribution in [2.45, 2.75) is 32.7 Å². The van der Waals surface area contributed by atoms with E-state index in [9.17, 15) is 8.78 Å². The molecule has 0 atom stereocenters. The molecule has 20 heavy (non-hydrogen) atoms. The molecule has 112 valence electrons. The van der Waals surface area contributed by atoms with Crippen molar-refractivity contribution in [3.63, 3.8) is 0 Å². The molecule has 1 fully saturated rings. The number of nitrogens with zero attached hydrogens (tertiary/aromatic N) is 1. The highest BCUT2D eigenvalue weighted by Gasteiger charge is 2.14. The Labute approximate surface area is 120 Å². The van der Waals surface area contributed by atoms with Crippen LogP contribution in [0.3, 0.4) is 0 Å². The third kappa shape index (κ3) is 4.53. The van der Waals surface area contributed by atoms with Gasteiger partial charge >= 0.3 is 0 Å². The second kappa shape index (κ2) is 7.70. The fraction of sp³-hybridized carbons (Fsp3) is 0.625. The normalized spacial score (nSPS) is 17.6. The van der Waals surface area contributed by atoms with Gasteiger partial charge in [-0.1, -0.05) is 19.1 Å². The highest BCUT2D eigenvalue weighted by atomic mass is 19.2. The lowest BCUT2D eigenvalue weighted by Gasteiger charge is -2.30. The van der Waals surface area contributed by atoms with E-state index in [1.54, 1.807) is 12.1 Å². The van der Waals surface area contributed by atoms with Gasteiger partial charge in [-0.3, -0.25) is 0 Å². The van der Waals surface area contributed by atoms with Crippen LogP contribution in [-0.2, 0) is 6.54 Å². The van der Waals surface area contributed by atoms with Crippen molar-refractivity contribution in [2.75, 3.05) is 26.2 Å². The first-order valence-corrected chi connectivity index (χ1v) is 7.53. The van der Waals surface area contributed by atoms with Gasteiger partial charge in [0.05, 0.1) is 0 Å². The first-order valence-electron chi connectivity index (χ1n) is 7.53. The Morgan fingerprint density at radius 2 is 2.00 bits per heavy atom. The van der Waals surface area contributed by atoms with E-state index in [4.69, 9.17) is 0 Å². The Kier molecular flexibility index (Phi) is 5.92. The van der Waals surface area contributed by atoms with Crippen LogP contribution in [0.2, 0.25) is 0 Å². The van der Waals surface area contributed by atoms with Gasteiger partial charge in [0.1, 0.15) is 0 Å². The van der Waals surface area contributed by atoms with E-state index in [0.29, 0.717) is 12.1 Å². The van der Waals surface area contributed by atoms with Crippen LogP contribution in [0.15, 0.2) is 18.2 Å². The molecule has 0 spiro atoms. The summed E-state index contributed by atoms with van der Waals surface area (Å²) in [7, 11) is 0. The van der Waals surface area contributed by atoms with Gasteiger partial charge in [0, 0.05) is 12.1 Å². The Balaban J connectivity index is 1.61. The summed E-state index contributed by atoms with van der Waals surface area (Å²) in [5.41, 5.74) is 0.400. The first-order chi connectivity index (χ1) is 9.66. The average molecular weight is 282 g/mol. The molecular weight excluding hydrogens is 258 g/mol. The minimum atomic E-state index is -0.772. The minimum Gasteiger partial charge on any atom is -0.313 e. The molecule has 1 aromatic rings. The molecule has 1 heterocycles. The summed E-state index contributed by atoms with van der Waals surface area (Å²) in [5, 5.41) is 3.18. The molecule has 1 aromatic carbocycles. The summed E-state index contributed by atoms with van der Waals surface area (Å²) in [6, 6.07) is 4.32. The lowest BCUT2D eigenvalue weighted by Crippen LogP contribution is -2.34. The van der Waals surface area contributed by atoms with E-state index in [1.165, 1.54) is 25.9 Å². The number of rotatable bonds is 6. The van der Waals surface area contributed by atoms with Gasteiger partial charge < -0.3 is 10.2 Å². The third-order valence-corrected chi connectivity index (χ3v) is 4.05. The van der Waals surface area contributed by atoms with Crippen molar-refractivity contribution < 1.29 is 8.78 Å². The second-order valence-corrected chi connectivity index (χ2v) is 5.77. The van der Waals surface area contributed by atoms with Crippen molar-refractivity contribution in [1.82, 2.24) is 10.2 Å². The monoisotopic (exact) mass is 282 g/mol. The molecule has 0 aliphatic carbocycles.